The molecule has 3 unspecified atom stereocenters. The second kappa shape index (κ2) is 4.11. The molecule has 3 N–H and O–H groups in total. The zero-order valence-corrected chi connectivity index (χ0v) is 12.0. The molecule has 2 nitrogen and oxygen atoms in total. The summed E-state index contributed by atoms with van der Waals surface area (Å²) >= 11 is 0. The number of hydrogen-bond donors (Lipinski definition) is 2. The average Bonchev–Trinajstić information content (AvgIpc) is 2.88. The van der Waals surface area contributed by atoms with Crippen molar-refractivity contribution in [2.24, 2.45) is 23.5 Å². The third-order valence-corrected chi connectivity index (χ3v) is 5.80. The molecule has 0 spiro atoms. The van der Waals surface area contributed by atoms with Crippen LogP contribution in [0.2, 0.25) is 0 Å². The Kier molecular flexibility index (Phi) is 2.31. The molecule has 2 fully saturated rings. The van der Waals surface area contributed by atoms with Gasteiger partial charge >= 0.3 is 0 Å². The highest BCUT2D eigenvalue weighted by molar-refractivity contribution is 6.07. The van der Waals surface area contributed by atoms with Gasteiger partial charge in [-0.2, -0.15) is 0 Å². The fourth-order valence-corrected chi connectivity index (χ4v) is 4.70. The van der Waals surface area contributed by atoms with E-state index < -0.39 is 0 Å². The Morgan fingerprint density at radius 3 is 2.57 bits per heavy atom. The van der Waals surface area contributed by atoms with Crippen LogP contribution in [0, 0.1) is 17.8 Å². The number of aromatic nitrogens is 1. The van der Waals surface area contributed by atoms with Crippen molar-refractivity contribution in [2.45, 2.75) is 25.3 Å². The molecule has 3 aromatic rings. The number of hydrogen-bond acceptors (Lipinski definition) is 1. The van der Waals surface area contributed by atoms with Crippen LogP contribution in [0.3, 0.4) is 0 Å². The molecule has 2 aliphatic rings. The van der Waals surface area contributed by atoms with Gasteiger partial charge in [-0.25, -0.2) is 0 Å². The van der Waals surface area contributed by atoms with Gasteiger partial charge in [0.1, 0.15) is 0 Å². The smallest absolute Gasteiger partial charge is 0.0465 e. The highest BCUT2D eigenvalue weighted by Gasteiger charge is 2.55. The maximum absolute atomic E-state index is 6.58. The number of benzene rings is 2. The van der Waals surface area contributed by atoms with E-state index in [9.17, 15) is 0 Å². The van der Waals surface area contributed by atoms with Gasteiger partial charge in [0.05, 0.1) is 0 Å². The molecule has 0 saturated heterocycles. The zero-order chi connectivity index (χ0) is 14.0. The Morgan fingerprint density at radius 1 is 0.952 bits per heavy atom. The molecule has 5 rings (SSSR count). The van der Waals surface area contributed by atoms with E-state index in [0.29, 0.717) is 0 Å². The van der Waals surface area contributed by atoms with Gasteiger partial charge in [0.15, 0.2) is 0 Å². The number of nitrogens with one attached hydrogen (secondary N) is 1. The van der Waals surface area contributed by atoms with E-state index in [2.05, 4.69) is 47.4 Å². The fraction of sp³-hybridized carbons (Fsp3) is 0.368. The van der Waals surface area contributed by atoms with E-state index in [-0.39, 0.29) is 6.04 Å². The Labute approximate surface area is 124 Å². The Balaban J connectivity index is 1.59. The van der Waals surface area contributed by atoms with Gasteiger partial charge in [-0.15, -0.1) is 0 Å². The molecule has 3 atom stereocenters. The van der Waals surface area contributed by atoms with Crippen molar-refractivity contribution in [3.63, 3.8) is 0 Å². The maximum atomic E-state index is 6.58. The van der Waals surface area contributed by atoms with E-state index in [4.69, 9.17) is 5.73 Å². The van der Waals surface area contributed by atoms with Crippen LogP contribution in [0.5, 0.6) is 0 Å². The molecular weight excluding hydrogens is 256 g/mol. The van der Waals surface area contributed by atoms with Gasteiger partial charge in [-0.05, 0) is 54.4 Å². The number of aromatic amines is 1. The van der Waals surface area contributed by atoms with E-state index in [0.717, 1.165) is 17.8 Å². The highest BCUT2D eigenvalue weighted by Crippen LogP contribution is 2.61. The van der Waals surface area contributed by atoms with E-state index >= 15 is 0 Å². The zero-order valence-electron chi connectivity index (χ0n) is 12.0. The molecule has 2 heteroatoms. The summed E-state index contributed by atoms with van der Waals surface area (Å²) in [7, 11) is 0. The summed E-state index contributed by atoms with van der Waals surface area (Å²) in [6.45, 7) is 0. The fourth-order valence-electron chi connectivity index (χ4n) is 4.70. The third kappa shape index (κ3) is 1.63. The standard InChI is InChI=1S/C19H20N2/c20-19(18-13-5-3-6-14(13)18)11-8-9-17-15(10-11)12-4-1-2-7-16(12)21-17/h1-2,4,7-10,13-14,18-19,21H,3,5-6,20H2. The van der Waals surface area contributed by atoms with Crippen molar-refractivity contribution in [3.05, 3.63) is 48.0 Å². The van der Waals surface area contributed by atoms with Gasteiger partial charge in [0.2, 0.25) is 0 Å². The molecule has 2 aliphatic carbocycles. The molecule has 1 aromatic heterocycles. The van der Waals surface area contributed by atoms with Crippen LogP contribution in [0.25, 0.3) is 21.8 Å². The summed E-state index contributed by atoms with van der Waals surface area (Å²) in [5, 5.41) is 2.61. The summed E-state index contributed by atoms with van der Waals surface area (Å²) in [5.74, 6) is 2.57. The van der Waals surface area contributed by atoms with Crippen LogP contribution < -0.4 is 5.73 Å². The van der Waals surface area contributed by atoms with Crippen molar-refractivity contribution in [1.82, 2.24) is 4.98 Å². The lowest BCUT2D eigenvalue weighted by Gasteiger charge is -2.14. The first-order chi connectivity index (χ1) is 10.3. The van der Waals surface area contributed by atoms with Crippen LogP contribution in [0.15, 0.2) is 42.5 Å². The summed E-state index contributed by atoms with van der Waals surface area (Å²) in [6.07, 6.45) is 4.22. The van der Waals surface area contributed by atoms with Crippen LogP contribution in [0.4, 0.5) is 0 Å². The van der Waals surface area contributed by atoms with Crippen LogP contribution in [-0.2, 0) is 0 Å². The molecule has 0 amide bonds. The first-order valence-corrected chi connectivity index (χ1v) is 8.09. The number of H-pyrrole nitrogens is 1. The van der Waals surface area contributed by atoms with E-state index in [1.54, 1.807) is 0 Å². The molecule has 0 radical (unpaired) electrons. The monoisotopic (exact) mass is 276 g/mol. The molecule has 2 saturated carbocycles. The van der Waals surface area contributed by atoms with Gasteiger partial charge in [-0.3, -0.25) is 0 Å². The molecule has 0 aliphatic heterocycles. The molecule has 1 heterocycles. The largest absolute Gasteiger partial charge is 0.355 e. The first kappa shape index (κ1) is 11.8. The van der Waals surface area contributed by atoms with Gasteiger partial charge < -0.3 is 10.7 Å². The SMILES string of the molecule is NC(c1ccc2[nH]c3ccccc3c2c1)C1C2CCCC21. The highest BCUT2D eigenvalue weighted by atomic mass is 14.8. The third-order valence-electron chi connectivity index (χ3n) is 5.80. The number of fused-ring (bicyclic) bond motifs is 4. The van der Waals surface area contributed by atoms with E-state index in [1.165, 1.54) is 46.6 Å². The van der Waals surface area contributed by atoms with Crippen LogP contribution >= 0.6 is 0 Å². The maximum Gasteiger partial charge on any atom is 0.0465 e. The lowest BCUT2D eigenvalue weighted by molar-refractivity contribution is 0.502. The van der Waals surface area contributed by atoms with Crippen molar-refractivity contribution in [2.75, 3.05) is 0 Å². The first-order valence-electron chi connectivity index (χ1n) is 8.09. The van der Waals surface area contributed by atoms with Crippen molar-refractivity contribution in [1.29, 1.82) is 0 Å². The Hall–Kier alpha value is -1.80. The summed E-state index contributed by atoms with van der Waals surface area (Å²) in [4.78, 5) is 3.49. The molecule has 0 bridgehead atoms. The Morgan fingerprint density at radius 2 is 1.71 bits per heavy atom. The second-order valence-corrected chi connectivity index (χ2v) is 6.84. The minimum absolute atomic E-state index is 0.221. The quantitative estimate of drug-likeness (QED) is 0.717. The number of nitrogens with two attached hydrogens (primary N) is 1. The Bertz CT molecular complexity index is 822. The van der Waals surface area contributed by atoms with Crippen molar-refractivity contribution < 1.29 is 0 Å². The summed E-state index contributed by atoms with van der Waals surface area (Å²) in [6, 6.07) is 15.5. The predicted molar refractivity (Wildman–Crippen MR) is 87.1 cm³/mol. The predicted octanol–water partition coefficient (Wildman–Crippen LogP) is 4.37. The molecule has 106 valence electrons. The lowest BCUT2D eigenvalue weighted by atomic mass is 9.96. The van der Waals surface area contributed by atoms with Crippen LogP contribution in [-0.4, -0.2) is 4.98 Å². The summed E-state index contributed by atoms with van der Waals surface area (Å²) < 4.78 is 0. The second-order valence-electron chi connectivity index (χ2n) is 6.84. The lowest BCUT2D eigenvalue weighted by Crippen LogP contribution is -2.15. The minimum Gasteiger partial charge on any atom is -0.355 e. The van der Waals surface area contributed by atoms with Gasteiger partial charge in [0.25, 0.3) is 0 Å². The van der Waals surface area contributed by atoms with Crippen LogP contribution in [0.1, 0.15) is 30.9 Å². The molecular formula is C19H20N2. The molecule has 2 aromatic carbocycles. The van der Waals surface area contributed by atoms with E-state index in [1.807, 2.05) is 0 Å². The minimum atomic E-state index is 0.221. The number of rotatable bonds is 2. The average molecular weight is 276 g/mol. The summed E-state index contributed by atoms with van der Waals surface area (Å²) in [5.41, 5.74) is 10.3. The normalized spacial score (nSPS) is 28.9. The topological polar surface area (TPSA) is 41.8 Å². The molecule has 21 heavy (non-hydrogen) atoms. The van der Waals surface area contributed by atoms with Gasteiger partial charge in [-0.1, -0.05) is 30.7 Å². The van der Waals surface area contributed by atoms with Crippen molar-refractivity contribution in [3.8, 4) is 0 Å². The number of para-hydroxylation sites is 1. The van der Waals surface area contributed by atoms with Crippen molar-refractivity contribution >= 4 is 21.8 Å². The van der Waals surface area contributed by atoms with Gasteiger partial charge in [0, 0.05) is 27.8 Å².